The van der Waals surface area contributed by atoms with Crippen LogP contribution in [0.25, 0.3) is 28.3 Å². The minimum absolute atomic E-state index is 0.124. The van der Waals surface area contributed by atoms with Crippen LogP contribution in [0.4, 0.5) is 17.6 Å². The molecule has 0 bridgehead atoms. The van der Waals surface area contributed by atoms with Gasteiger partial charge in [0.25, 0.3) is 0 Å². The van der Waals surface area contributed by atoms with Crippen molar-refractivity contribution in [3.8, 4) is 28.0 Å². The van der Waals surface area contributed by atoms with Crippen molar-refractivity contribution < 1.29 is 22.3 Å². The van der Waals surface area contributed by atoms with Crippen LogP contribution in [0.3, 0.4) is 0 Å². The van der Waals surface area contributed by atoms with Gasteiger partial charge in [0.2, 0.25) is 5.82 Å². The number of allylic oxidation sites excluding steroid dienone is 1. The number of halogens is 4. The summed E-state index contributed by atoms with van der Waals surface area (Å²) in [4.78, 5) is 0. The molecule has 0 radical (unpaired) electrons. The molecule has 1 nitrogen and oxygen atoms in total. The topological polar surface area (TPSA) is 9.23 Å². The molecule has 36 heavy (non-hydrogen) atoms. The van der Waals surface area contributed by atoms with Crippen LogP contribution in [0.5, 0.6) is 5.75 Å². The van der Waals surface area contributed by atoms with Gasteiger partial charge in [-0.15, -0.1) is 0 Å². The molecule has 4 aromatic rings. The van der Waals surface area contributed by atoms with E-state index in [1.54, 1.807) is 55.5 Å². The fraction of sp³-hybridized carbons (Fsp3) is 0.161. The molecule has 0 saturated heterocycles. The first-order valence-corrected chi connectivity index (χ1v) is 11.8. The fourth-order valence-electron chi connectivity index (χ4n) is 4.12. The molecule has 5 heteroatoms. The molecule has 0 aromatic heterocycles. The van der Waals surface area contributed by atoms with E-state index in [1.165, 1.54) is 12.1 Å². The Kier molecular flexibility index (Phi) is 7.89. The Morgan fingerprint density at radius 1 is 0.639 bits per heavy atom. The van der Waals surface area contributed by atoms with Crippen LogP contribution in [0.2, 0.25) is 0 Å². The van der Waals surface area contributed by atoms with Gasteiger partial charge in [0.15, 0.2) is 23.2 Å². The predicted octanol–water partition coefficient (Wildman–Crippen LogP) is 8.79. The van der Waals surface area contributed by atoms with Crippen molar-refractivity contribution in [2.24, 2.45) is 0 Å². The van der Waals surface area contributed by atoms with E-state index in [-0.39, 0.29) is 29.0 Å². The minimum Gasteiger partial charge on any atom is -0.491 e. The van der Waals surface area contributed by atoms with Gasteiger partial charge in [0, 0.05) is 11.1 Å². The summed E-state index contributed by atoms with van der Waals surface area (Å²) in [5, 5.41) is 0. The van der Waals surface area contributed by atoms with Crippen LogP contribution in [0, 0.1) is 23.3 Å². The van der Waals surface area contributed by atoms with Gasteiger partial charge >= 0.3 is 0 Å². The summed E-state index contributed by atoms with van der Waals surface area (Å²) in [6.07, 6.45) is 4.61. The second kappa shape index (κ2) is 11.3. The normalized spacial score (nSPS) is 11.3. The lowest BCUT2D eigenvalue weighted by Crippen LogP contribution is -2.00. The fourth-order valence-corrected chi connectivity index (χ4v) is 4.12. The van der Waals surface area contributed by atoms with Gasteiger partial charge in [-0.2, -0.15) is 4.39 Å². The van der Waals surface area contributed by atoms with Crippen LogP contribution < -0.4 is 4.74 Å². The lowest BCUT2D eigenvalue weighted by atomic mass is 9.97. The molecule has 0 unspecified atom stereocenters. The average Bonchev–Trinajstić information content (AvgIpc) is 2.89. The third-order valence-electron chi connectivity index (χ3n) is 6.04. The number of aryl methyl sites for hydroxylation is 2. The van der Waals surface area contributed by atoms with Crippen LogP contribution in [0.15, 0.2) is 78.9 Å². The van der Waals surface area contributed by atoms with E-state index < -0.39 is 23.3 Å². The lowest BCUT2D eigenvalue weighted by Gasteiger charge is -2.11. The number of rotatable bonds is 8. The van der Waals surface area contributed by atoms with Gasteiger partial charge in [0.1, 0.15) is 0 Å². The molecule has 0 N–H and O–H groups in total. The maximum absolute atomic E-state index is 14.8. The summed E-state index contributed by atoms with van der Waals surface area (Å²) in [5.41, 5.74) is 3.61. The first-order valence-electron chi connectivity index (χ1n) is 11.8. The summed E-state index contributed by atoms with van der Waals surface area (Å²) in [6.45, 7) is 3.85. The highest BCUT2D eigenvalue weighted by molar-refractivity contribution is 5.67. The average molecular weight is 491 g/mol. The molecule has 184 valence electrons. The van der Waals surface area contributed by atoms with E-state index in [9.17, 15) is 17.6 Å². The molecule has 0 spiro atoms. The Morgan fingerprint density at radius 2 is 1.22 bits per heavy atom. The summed E-state index contributed by atoms with van der Waals surface area (Å²) < 4.78 is 63.5. The SMILES string of the molecule is CC=Cc1ccc(-c2ccc(CCc3ccc(-c4ccc(OCC)c(F)c4F)cc3)c(F)c2F)cc1. The van der Waals surface area contributed by atoms with E-state index in [0.29, 0.717) is 24.0 Å². The zero-order valence-corrected chi connectivity index (χ0v) is 20.1. The standard InChI is InChI=1S/C31H26F4O/c1-3-5-20-6-11-22(12-7-20)25-17-16-24(28(32)29(25)33)15-10-21-8-13-23(14-9-21)26-18-19-27(36-4-2)31(35)30(26)34/h3,5-9,11-14,16-19H,4,10,15H2,1-2H3. The number of hydrogen-bond acceptors (Lipinski definition) is 1. The Morgan fingerprint density at radius 3 is 1.83 bits per heavy atom. The van der Waals surface area contributed by atoms with Crippen LogP contribution >= 0.6 is 0 Å². The minimum atomic E-state index is -1.02. The predicted molar refractivity (Wildman–Crippen MR) is 137 cm³/mol. The van der Waals surface area contributed by atoms with Gasteiger partial charge < -0.3 is 4.74 Å². The van der Waals surface area contributed by atoms with Crippen LogP contribution in [-0.2, 0) is 12.8 Å². The van der Waals surface area contributed by atoms with E-state index in [2.05, 4.69) is 0 Å². The van der Waals surface area contributed by atoms with E-state index in [4.69, 9.17) is 4.74 Å². The second-order valence-electron chi connectivity index (χ2n) is 8.39. The van der Waals surface area contributed by atoms with Gasteiger partial charge in [-0.05, 0) is 66.6 Å². The molecular formula is C31H26F4O. The van der Waals surface area contributed by atoms with E-state index >= 15 is 0 Å². The zero-order valence-electron chi connectivity index (χ0n) is 20.1. The Balaban J connectivity index is 1.47. The van der Waals surface area contributed by atoms with Crippen molar-refractivity contribution in [3.63, 3.8) is 0 Å². The highest BCUT2D eigenvalue weighted by Gasteiger charge is 2.17. The van der Waals surface area contributed by atoms with Gasteiger partial charge in [-0.25, -0.2) is 13.2 Å². The Hall–Kier alpha value is -3.86. The van der Waals surface area contributed by atoms with Gasteiger partial charge in [-0.1, -0.05) is 72.8 Å². The Labute approximate surface area is 208 Å². The summed E-state index contributed by atoms with van der Waals surface area (Å²) in [5.74, 6) is -3.83. The summed E-state index contributed by atoms with van der Waals surface area (Å²) >= 11 is 0. The highest BCUT2D eigenvalue weighted by Crippen LogP contribution is 2.31. The first kappa shape index (κ1) is 25.2. The molecule has 0 aliphatic rings. The van der Waals surface area contributed by atoms with Crippen molar-refractivity contribution >= 4 is 6.08 Å². The van der Waals surface area contributed by atoms with E-state index in [0.717, 1.165) is 11.1 Å². The lowest BCUT2D eigenvalue weighted by molar-refractivity contribution is 0.314. The van der Waals surface area contributed by atoms with E-state index in [1.807, 2.05) is 31.2 Å². The smallest absolute Gasteiger partial charge is 0.201 e. The largest absolute Gasteiger partial charge is 0.491 e. The molecule has 4 rings (SSSR count). The van der Waals surface area contributed by atoms with Crippen LogP contribution in [0.1, 0.15) is 30.5 Å². The monoisotopic (exact) mass is 490 g/mol. The van der Waals surface area contributed by atoms with Crippen molar-refractivity contribution in [2.45, 2.75) is 26.7 Å². The van der Waals surface area contributed by atoms with Crippen molar-refractivity contribution in [3.05, 3.63) is 119 Å². The summed E-state index contributed by atoms with van der Waals surface area (Å²) in [7, 11) is 0. The second-order valence-corrected chi connectivity index (χ2v) is 8.39. The molecule has 4 aromatic carbocycles. The third kappa shape index (κ3) is 5.35. The van der Waals surface area contributed by atoms with Crippen molar-refractivity contribution in [1.29, 1.82) is 0 Å². The zero-order chi connectivity index (χ0) is 25.7. The van der Waals surface area contributed by atoms with Crippen LogP contribution in [-0.4, -0.2) is 6.61 Å². The number of benzene rings is 4. The molecule has 0 saturated carbocycles. The summed E-state index contributed by atoms with van der Waals surface area (Å²) in [6, 6.07) is 20.3. The third-order valence-corrected chi connectivity index (χ3v) is 6.04. The highest BCUT2D eigenvalue weighted by atomic mass is 19.2. The van der Waals surface area contributed by atoms with Crippen molar-refractivity contribution in [2.75, 3.05) is 6.61 Å². The molecule has 0 fully saturated rings. The number of hydrogen-bond donors (Lipinski definition) is 0. The first-order chi connectivity index (χ1) is 17.4. The quantitative estimate of drug-likeness (QED) is 0.224. The maximum atomic E-state index is 14.8. The van der Waals surface area contributed by atoms with Gasteiger partial charge in [0.05, 0.1) is 6.61 Å². The molecule has 0 heterocycles. The number of ether oxygens (including phenoxy) is 1. The van der Waals surface area contributed by atoms with Gasteiger partial charge in [-0.3, -0.25) is 0 Å². The molecular weight excluding hydrogens is 464 g/mol. The maximum Gasteiger partial charge on any atom is 0.201 e. The molecule has 0 atom stereocenters. The molecule has 0 amide bonds. The Bertz CT molecular complexity index is 1370. The van der Waals surface area contributed by atoms with Crippen molar-refractivity contribution in [1.82, 2.24) is 0 Å². The molecule has 0 aliphatic carbocycles. The molecule has 0 aliphatic heterocycles.